The number of hydrogen-bond donors (Lipinski definition) is 2. The summed E-state index contributed by atoms with van der Waals surface area (Å²) in [7, 11) is 1.91. The highest BCUT2D eigenvalue weighted by Crippen LogP contribution is 2.32. The van der Waals surface area contributed by atoms with Crippen LogP contribution in [0.25, 0.3) is 0 Å². The molecule has 4 nitrogen and oxygen atoms in total. The molecule has 1 atom stereocenters. The Hall–Kier alpha value is -0.810. The van der Waals surface area contributed by atoms with E-state index in [9.17, 15) is 5.11 Å². The molecule has 1 unspecified atom stereocenters. The van der Waals surface area contributed by atoms with E-state index in [0.29, 0.717) is 6.54 Å². The molecule has 1 heterocycles. The third-order valence-corrected chi connectivity index (χ3v) is 3.72. The van der Waals surface area contributed by atoms with Crippen LogP contribution in [0.1, 0.15) is 19.4 Å². The van der Waals surface area contributed by atoms with E-state index in [1.807, 2.05) is 33.0 Å². The summed E-state index contributed by atoms with van der Waals surface area (Å²) >= 11 is 6.41. The molecule has 0 aromatic heterocycles. The second-order valence-corrected chi connectivity index (χ2v) is 6.29. The number of ether oxygens (including phenoxy) is 1. The lowest BCUT2D eigenvalue weighted by Gasteiger charge is -2.43. The number of nitrogens with one attached hydrogen (secondary N) is 1. The zero-order valence-corrected chi connectivity index (χ0v) is 13.1. The molecule has 2 rings (SSSR count). The molecule has 1 fully saturated rings. The SMILES string of the molecule is CNCc1ccc(N2CC(CO)OC(C)(C)C2)c(Cl)c1. The molecular weight excluding hydrogens is 276 g/mol. The van der Waals surface area contributed by atoms with Crippen molar-refractivity contribution in [2.45, 2.75) is 32.1 Å². The monoisotopic (exact) mass is 298 g/mol. The Morgan fingerprint density at radius 3 is 2.85 bits per heavy atom. The number of hydrogen-bond acceptors (Lipinski definition) is 4. The number of rotatable bonds is 4. The van der Waals surface area contributed by atoms with Gasteiger partial charge in [-0.25, -0.2) is 0 Å². The Labute approximate surface area is 125 Å². The molecule has 0 saturated carbocycles. The molecule has 0 bridgehead atoms. The van der Waals surface area contributed by atoms with Crippen molar-refractivity contribution in [3.8, 4) is 0 Å². The molecule has 1 aromatic rings. The van der Waals surface area contributed by atoms with Gasteiger partial charge >= 0.3 is 0 Å². The first kappa shape index (κ1) is 15.6. The molecule has 0 amide bonds. The molecule has 1 saturated heterocycles. The Morgan fingerprint density at radius 1 is 1.50 bits per heavy atom. The van der Waals surface area contributed by atoms with E-state index in [2.05, 4.69) is 16.3 Å². The molecule has 0 radical (unpaired) electrons. The van der Waals surface area contributed by atoms with Crippen molar-refractivity contribution >= 4 is 17.3 Å². The van der Waals surface area contributed by atoms with Gasteiger partial charge in [-0.05, 0) is 38.6 Å². The van der Waals surface area contributed by atoms with Gasteiger partial charge in [-0.1, -0.05) is 17.7 Å². The quantitative estimate of drug-likeness (QED) is 0.893. The zero-order chi connectivity index (χ0) is 14.8. The van der Waals surface area contributed by atoms with Crippen molar-refractivity contribution < 1.29 is 9.84 Å². The van der Waals surface area contributed by atoms with Gasteiger partial charge < -0.3 is 20.1 Å². The van der Waals surface area contributed by atoms with Crippen molar-refractivity contribution in [2.24, 2.45) is 0 Å². The lowest BCUT2D eigenvalue weighted by atomic mass is 10.0. The van der Waals surface area contributed by atoms with E-state index in [0.717, 1.165) is 29.4 Å². The molecular formula is C15H23ClN2O2. The van der Waals surface area contributed by atoms with E-state index in [4.69, 9.17) is 16.3 Å². The minimum atomic E-state index is -0.293. The van der Waals surface area contributed by atoms with Crippen LogP contribution in [0.15, 0.2) is 18.2 Å². The van der Waals surface area contributed by atoms with Crippen LogP contribution in [-0.4, -0.2) is 43.6 Å². The van der Waals surface area contributed by atoms with Gasteiger partial charge in [0, 0.05) is 19.6 Å². The summed E-state index contributed by atoms with van der Waals surface area (Å²) in [6.45, 7) is 6.30. The fraction of sp³-hybridized carbons (Fsp3) is 0.600. The lowest BCUT2D eigenvalue weighted by Crippen LogP contribution is -2.54. The van der Waals surface area contributed by atoms with Gasteiger partial charge in [0.05, 0.1) is 29.0 Å². The normalized spacial score (nSPS) is 22.1. The largest absolute Gasteiger partial charge is 0.394 e. The van der Waals surface area contributed by atoms with Gasteiger partial charge in [0.1, 0.15) is 0 Å². The Balaban J connectivity index is 2.21. The first-order chi connectivity index (χ1) is 9.45. The van der Waals surface area contributed by atoms with Gasteiger partial charge in [0.15, 0.2) is 0 Å². The first-order valence-electron chi connectivity index (χ1n) is 6.92. The van der Waals surface area contributed by atoms with Crippen molar-refractivity contribution in [2.75, 3.05) is 31.6 Å². The van der Waals surface area contributed by atoms with Crippen LogP contribution in [0.2, 0.25) is 5.02 Å². The van der Waals surface area contributed by atoms with Crippen LogP contribution in [0.3, 0.4) is 0 Å². The number of aliphatic hydroxyl groups excluding tert-OH is 1. The maximum absolute atomic E-state index is 9.38. The highest BCUT2D eigenvalue weighted by Gasteiger charge is 2.33. The predicted molar refractivity (Wildman–Crippen MR) is 82.5 cm³/mol. The van der Waals surface area contributed by atoms with Gasteiger partial charge in [-0.15, -0.1) is 0 Å². The van der Waals surface area contributed by atoms with Gasteiger partial charge in [0.25, 0.3) is 0 Å². The molecule has 20 heavy (non-hydrogen) atoms. The fourth-order valence-corrected chi connectivity index (χ4v) is 3.02. The highest BCUT2D eigenvalue weighted by molar-refractivity contribution is 6.33. The molecule has 2 N–H and O–H groups in total. The summed E-state index contributed by atoms with van der Waals surface area (Å²) in [6, 6.07) is 6.11. The van der Waals surface area contributed by atoms with E-state index in [1.54, 1.807) is 0 Å². The maximum Gasteiger partial charge on any atom is 0.0988 e. The average Bonchev–Trinajstić information content (AvgIpc) is 2.37. The van der Waals surface area contributed by atoms with E-state index < -0.39 is 0 Å². The summed E-state index contributed by atoms with van der Waals surface area (Å²) in [4.78, 5) is 2.19. The van der Waals surface area contributed by atoms with Crippen LogP contribution in [0, 0.1) is 0 Å². The minimum Gasteiger partial charge on any atom is -0.394 e. The smallest absolute Gasteiger partial charge is 0.0988 e. The maximum atomic E-state index is 9.38. The zero-order valence-electron chi connectivity index (χ0n) is 12.3. The molecule has 1 aliphatic rings. The molecule has 112 valence electrons. The summed E-state index contributed by atoms with van der Waals surface area (Å²) < 4.78 is 5.83. The number of halogens is 1. The topological polar surface area (TPSA) is 44.7 Å². The third kappa shape index (κ3) is 3.64. The van der Waals surface area contributed by atoms with Gasteiger partial charge in [-0.3, -0.25) is 0 Å². The van der Waals surface area contributed by atoms with E-state index in [1.165, 1.54) is 0 Å². The Bertz CT molecular complexity index is 465. The van der Waals surface area contributed by atoms with Crippen molar-refractivity contribution in [1.29, 1.82) is 0 Å². The van der Waals surface area contributed by atoms with Crippen molar-refractivity contribution in [3.63, 3.8) is 0 Å². The predicted octanol–water partition coefficient (Wildman–Crippen LogP) is 2.04. The van der Waals surface area contributed by atoms with Crippen molar-refractivity contribution in [1.82, 2.24) is 5.32 Å². The number of anilines is 1. The second kappa shape index (κ2) is 6.31. The average molecular weight is 299 g/mol. The van der Waals surface area contributed by atoms with E-state index >= 15 is 0 Å². The molecule has 5 heteroatoms. The Morgan fingerprint density at radius 2 is 2.25 bits per heavy atom. The molecule has 1 aliphatic heterocycles. The van der Waals surface area contributed by atoms with Crippen LogP contribution < -0.4 is 10.2 Å². The summed E-state index contributed by atoms with van der Waals surface area (Å²) in [5, 5.41) is 13.2. The van der Waals surface area contributed by atoms with Crippen molar-refractivity contribution in [3.05, 3.63) is 28.8 Å². The van der Waals surface area contributed by atoms with Gasteiger partial charge in [0.2, 0.25) is 0 Å². The number of morpholine rings is 1. The van der Waals surface area contributed by atoms with Crippen LogP contribution in [-0.2, 0) is 11.3 Å². The summed E-state index contributed by atoms with van der Waals surface area (Å²) in [5.41, 5.74) is 1.87. The number of benzene rings is 1. The molecule has 0 spiro atoms. The summed E-state index contributed by atoms with van der Waals surface area (Å²) in [5.74, 6) is 0. The Kier molecular flexibility index (Phi) is 4.91. The number of nitrogens with zero attached hydrogens (tertiary/aromatic N) is 1. The lowest BCUT2D eigenvalue weighted by molar-refractivity contribution is -0.101. The third-order valence-electron chi connectivity index (χ3n) is 3.42. The van der Waals surface area contributed by atoms with E-state index in [-0.39, 0.29) is 18.3 Å². The minimum absolute atomic E-state index is 0.0232. The van der Waals surface area contributed by atoms with Crippen LogP contribution in [0.5, 0.6) is 0 Å². The molecule has 0 aliphatic carbocycles. The fourth-order valence-electron chi connectivity index (χ4n) is 2.70. The van der Waals surface area contributed by atoms with Crippen LogP contribution in [0.4, 0.5) is 5.69 Å². The summed E-state index contributed by atoms with van der Waals surface area (Å²) in [6.07, 6.45) is -0.174. The standard InChI is InChI=1S/C15H23ClN2O2/c1-15(2)10-18(8-12(9-19)20-15)14-5-4-11(7-17-3)6-13(14)16/h4-6,12,17,19H,7-10H2,1-3H3. The number of aliphatic hydroxyl groups is 1. The second-order valence-electron chi connectivity index (χ2n) is 5.88. The first-order valence-corrected chi connectivity index (χ1v) is 7.29. The highest BCUT2D eigenvalue weighted by atomic mass is 35.5. The van der Waals surface area contributed by atoms with Crippen LogP contribution >= 0.6 is 11.6 Å². The molecule has 1 aromatic carbocycles. The van der Waals surface area contributed by atoms with Gasteiger partial charge in [-0.2, -0.15) is 0 Å².